The second-order valence-electron chi connectivity index (χ2n) is 7.07. The molecule has 1 saturated heterocycles. The molecule has 4 rings (SSSR count). The van der Waals surface area contributed by atoms with Crippen molar-refractivity contribution in [2.75, 3.05) is 30.9 Å². The number of halogens is 2. The van der Waals surface area contributed by atoms with Crippen LogP contribution in [0.25, 0.3) is 17.0 Å². The molecule has 0 bridgehead atoms. The minimum atomic E-state index is -3.59. The Morgan fingerprint density at radius 1 is 1.29 bits per heavy atom. The van der Waals surface area contributed by atoms with Crippen LogP contribution in [0.15, 0.2) is 30.7 Å². The van der Waals surface area contributed by atoms with Crippen LogP contribution in [-0.4, -0.2) is 71.1 Å². The van der Waals surface area contributed by atoms with Crippen LogP contribution < -0.4 is 4.90 Å². The number of morpholine rings is 1. The van der Waals surface area contributed by atoms with E-state index >= 15 is 0 Å². The molecule has 13 heteroatoms. The molecule has 3 aromatic rings. The molecular weight excluding hydrogens is 434 g/mol. The Balaban J connectivity index is 1.63. The van der Waals surface area contributed by atoms with E-state index in [1.54, 1.807) is 6.07 Å². The van der Waals surface area contributed by atoms with Crippen LogP contribution >= 0.6 is 0 Å². The molecule has 31 heavy (non-hydrogen) atoms. The molecule has 166 valence electrons. The fourth-order valence-corrected chi connectivity index (χ4v) is 3.75. The van der Waals surface area contributed by atoms with E-state index in [1.807, 2.05) is 11.8 Å². The highest BCUT2D eigenvalue weighted by Gasteiger charge is 2.31. The minimum absolute atomic E-state index is 0.109. The summed E-state index contributed by atoms with van der Waals surface area (Å²) in [6, 6.07) is 4.17. The molecule has 4 heterocycles. The van der Waals surface area contributed by atoms with Gasteiger partial charge in [0.25, 0.3) is 16.5 Å². The van der Waals surface area contributed by atoms with Crippen LogP contribution in [0.4, 0.5) is 14.6 Å². The lowest BCUT2D eigenvalue weighted by Crippen LogP contribution is -2.52. The van der Waals surface area contributed by atoms with Crippen molar-refractivity contribution >= 4 is 21.6 Å². The number of hydrogen-bond acceptors (Lipinski definition) is 9. The fraction of sp³-hybridized carbons (Fsp3) is 0.444. The maximum Gasteiger partial charge on any atom is 0.282 e. The Morgan fingerprint density at radius 2 is 2.10 bits per heavy atom. The predicted molar refractivity (Wildman–Crippen MR) is 106 cm³/mol. The summed E-state index contributed by atoms with van der Waals surface area (Å²) in [5.41, 5.74) is 0.951. The lowest BCUT2D eigenvalue weighted by Gasteiger charge is -2.39. The molecule has 0 aliphatic carbocycles. The largest absolute Gasteiger partial charge is 0.372 e. The Labute approximate surface area is 177 Å². The topological polar surface area (TPSA) is 112 Å². The summed E-state index contributed by atoms with van der Waals surface area (Å²) in [4.78, 5) is 14.7. The molecule has 1 aliphatic heterocycles. The number of alkyl halides is 2. The van der Waals surface area contributed by atoms with E-state index in [4.69, 9.17) is 8.92 Å². The first-order valence-corrected chi connectivity index (χ1v) is 11.2. The third-order valence-corrected chi connectivity index (χ3v) is 5.52. The zero-order valence-corrected chi connectivity index (χ0v) is 17.5. The molecule has 3 aromatic heterocycles. The van der Waals surface area contributed by atoms with Gasteiger partial charge in [-0.15, -0.1) is 0 Å². The molecule has 0 radical (unpaired) electrons. The van der Waals surface area contributed by atoms with Gasteiger partial charge < -0.3 is 9.64 Å². The number of ether oxygens (including phenoxy) is 1. The smallest absolute Gasteiger partial charge is 0.282 e. The average molecular weight is 454 g/mol. The number of nitrogens with zero attached hydrogens (tertiary/aromatic N) is 6. The van der Waals surface area contributed by atoms with Gasteiger partial charge in [0.15, 0.2) is 5.65 Å². The summed E-state index contributed by atoms with van der Waals surface area (Å²) in [6.45, 7) is 2.65. The molecule has 2 unspecified atom stereocenters. The van der Waals surface area contributed by atoms with Gasteiger partial charge in [-0.25, -0.2) is 28.2 Å². The predicted octanol–water partition coefficient (Wildman–Crippen LogP) is 1.69. The Hall–Kier alpha value is -2.77. The third-order valence-electron chi connectivity index (χ3n) is 4.96. The lowest BCUT2D eigenvalue weighted by atomic mass is 10.1. The van der Waals surface area contributed by atoms with Crippen molar-refractivity contribution in [3.05, 3.63) is 36.4 Å². The summed E-state index contributed by atoms with van der Waals surface area (Å²) in [5, 5.41) is 3.96. The van der Waals surface area contributed by atoms with Crippen LogP contribution in [0.3, 0.4) is 0 Å². The summed E-state index contributed by atoms with van der Waals surface area (Å²) < 4.78 is 60.6. The van der Waals surface area contributed by atoms with Crippen molar-refractivity contribution in [2.45, 2.75) is 25.5 Å². The highest BCUT2D eigenvalue weighted by atomic mass is 32.2. The molecule has 0 aromatic carbocycles. The number of rotatable bonds is 6. The van der Waals surface area contributed by atoms with Gasteiger partial charge in [-0.05, 0) is 19.1 Å². The average Bonchev–Trinajstić information content (AvgIpc) is 3.16. The number of imidazole rings is 1. The zero-order valence-electron chi connectivity index (χ0n) is 16.7. The maximum atomic E-state index is 13.1. The Morgan fingerprint density at radius 3 is 2.84 bits per heavy atom. The van der Waals surface area contributed by atoms with Gasteiger partial charge in [0.2, 0.25) is 0 Å². The van der Waals surface area contributed by atoms with Gasteiger partial charge in [-0.2, -0.15) is 13.5 Å². The number of hydrogen-bond donors (Lipinski definition) is 0. The minimum Gasteiger partial charge on any atom is -0.372 e. The molecular formula is C18H20F2N6O4S. The fourth-order valence-electron chi connectivity index (χ4n) is 3.37. The highest BCUT2D eigenvalue weighted by molar-refractivity contribution is 7.85. The van der Waals surface area contributed by atoms with E-state index < -0.39 is 22.6 Å². The first kappa shape index (κ1) is 21.5. The van der Waals surface area contributed by atoms with Crippen LogP contribution in [0.5, 0.6) is 0 Å². The summed E-state index contributed by atoms with van der Waals surface area (Å²) in [6.07, 6.45) is 0.674. The van der Waals surface area contributed by atoms with Gasteiger partial charge in [0, 0.05) is 12.6 Å². The highest BCUT2D eigenvalue weighted by Crippen LogP contribution is 2.26. The van der Waals surface area contributed by atoms with Crippen molar-refractivity contribution < 1.29 is 26.1 Å². The summed E-state index contributed by atoms with van der Waals surface area (Å²) in [5.74, 6) is 0.574. The standard InChI is InChI=1S/C18H20F2N6O4S/c1-11-15(9-30-31(2,27)28)29-6-5-25(11)17-7-13(22-10-23-17)14-8-21-16-4-3-12(18(19)20)24-26(14)16/h3-4,7-8,10-11,15,18H,5-6,9H2,1-2H3. The van der Waals surface area contributed by atoms with Gasteiger partial charge >= 0.3 is 0 Å². The second kappa shape index (κ2) is 8.40. The first-order chi connectivity index (χ1) is 14.7. The lowest BCUT2D eigenvalue weighted by molar-refractivity contribution is -0.0106. The summed E-state index contributed by atoms with van der Waals surface area (Å²) >= 11 is 0. The van der Waals surface area contributed by atoms with E-state index in [0.29, 0.717) is 36.0 Å². The van der Waals surface area contributed by atoms with Crippen LogP contribution in [0.1, 0.15) is 19.0 Å². The molecule has 0 saturated carbocycles. The number of fused-ring (bicyclic) bond motifs is 1. The summed E-state index contributed by atoms with van der Waals surface area (Å²) in [7, 11) is -3.59. The second-order valence-corrected chi connectivity index (χ2v) is 8.71. The van der Waals surface area contributed by atoms with Gasteiger partial charge in [-0.3, -0.25) is 4.18 Å². The van der Waals surface area contributed by atoms with Crippen molar-refractivity contribution in [2.24, 2.45) is 0 Å². The molecule has 1 fully saturated rings. The Kier molecular flexibility index (Phi) is 5.81. The number of aromatic nitrogens is 5. The van der Waals surface area contributed by atoms with E-state index in [1.165, 1.54) is 29.2 Å². The quantitative estimate of drug-likeness (QED) is 0.514. The molecule has 10 nitrogen and oxygen atoms in total. The zero-order chi connectivity index (χ0) is 22.2. The van der Waals surface area contributed by atoms with Crippen molar-refractivity contribution in [3.63, 3.8) is 0 Å². The van der Waals surface area contributed by atoms with Crippen molar-refractivity contribution in [3.8, 4) is 11.4 Å². The molecule has 0 N–H and O–H groups in total. The van der Waals surface area contributed by atoms with Crippen LogP contribution in [0.2, 0.25) is 0 Å². The van der Waals surface area contributed by atoms with Crippen molar-refractivity contribution in [1.82, 2.24) is 24.6 Å². The van der Waals surface area contributed by atoms with Gasteiger partial charge in [0.1, 0.15) is 29.6 Å². The molecule has 0 spiro atoms. The molecule has 2 atom stereocenters. The van der Waals surface area contributed by atoms with Gasteiger partial charge in [-0.1, -0.05) is 0 Å². The van der Waals surface area contributed by atoms with E-state index in [9.17, 15) is 17.2 Å². The SMILES string of the molecule is CC1C(COS(C)(=O)=O)OCCN1c1cc(-c2cnc3ccc(C(F)F)nn23)ncn1. The van der Waals surface area contributed by atoms with Gasteiger partial charge in [0.05, 0.1) is 37.4 Å². The van der Waals surface area contributed by atoms with E-state index in [-0.39, 0.29) is 18.3 Å². The monoisotopic (exact) mass is 454 g/mol. The molecule has 0 amide bonds. The number of anilines is 1. The van der Waals surface area contributed by atoms with Crippen LogP contribution in [-0.2, 0) is 19.0 Å². The van der Waals surface area contributed by atoms with E-state index in [0.717, 1.165) is 6.26 Å². The molecule has 1 aliphatic rings. The normalized spacial score (nSPS) is 20.0. The first-order valence-electron chi connectivity index (χ1n) is 9.41. The Bertz CT molecular complexity index is 1190. The van der Waals surface area contributed by atoms with E-state index in [2.05, 4.69) is 20.1 Å². The van der Waals surface area contributed by atoms with Crippen LogP contribution in [0, 0.1) is 0 Å². The third kappa shape index (κ3) is 4.62. The maximum absolute atomic E-state index is 13.1. The van der Waals surface area contributed by atoms with Crippen molar-refractivity contribution in [1.29, 1.82) is 0 Å².